The van der Waals surface area contributed by atoms with Gasteiger partial charge in [-0.15, -0.1) is 0 Å². The Morgan fingerprint density at radius 1 is 1.00 bits per heavy atom. The third-order valence-electron chi connectivity index (χ3n) is 4.51. The molecule has 2 aromatic carbocycles. The minimum Gasteiger partial charge on any atom is -0.368 e. The fraction of sp³-hybridized carbons (Fsp3) is 0.250. The molecule has 1 fully saturated rings. The van der Waals surface area contributed by atoms with Crippen molar-refractivity contribution in [3.63, 3.8) is 0 Å². The normalized spacial score (nSPS) is 14.7. The second-order valence-electron chi connectivity index (χ2n) is 5.84. The van der Waals surface area contributed by atoms with Crippen LogP contribution in [0.5, 0.6) is 0 Å². The Morgan fingerprint density at radius 2 is 1.70 bits per heavy atom. The first-order valence-electron chi connectivity index (χ1n) is 8.02. The van der Waals surface area contributed by atoms with Crippen molar-refractivity contribution in [3.05, 3.63) is 71.8 Å². The molecule has 3 nitrogen and oxygen atoms in total. The van der Waals surface area contributed by atoms with Crippen LogP contribution in [0.25, 0.3) is 6.08 Å². The standard InChI is InChI=1S/C20H22N2O/c1-3-17-8-7-11-19(16(17)2)20(23)22-14-12-21(13-15-22)18-9-5-4-6-10-18/h3-11H,1,12-15H2,2H3. The Morgan fingerprint density at radius 3 is 2.35 bits per heavy atom. The molecule has 0 aromatic heterocycles. The highest BCUT2D eigenvalue weighted by Crippen LogP contribution is 2.20. The molecule has 0 unspecified atom stereocenters. The first kappa shape index (κ1) is 15.3. The van der Waals surface area contributed by atoms with Crippen LogP contribution < -0.4 is 4.90 Å². The van der Waals surface area contributed by atoms with E-state index in [9.17, 15) is 4.79 Å². The van der Waals surface area contributed by atoms with E-state index < -0.39 is 0 Å². The zero-order valence-electron chi connectivity index (χ0n) is 13.5. The third kappa shape index (κ3) is 3.14. The lowest BCUT2D eigenvalue weighted by atomic mass is 10.0. The lowest BCUT2D eigenvalue weighted by molar-refractivity contribution is 0.0746. The number of carbonyl (C=O) groups is 1. The van der Waals surface area contributed by atoms with Gasteiger partial charge in [0.05, 0.1) is 0 Å². The monoisotopic (exact) mass is 306 g/mol. The predicted octanol–water partition coefficient (Wildman–Crippen LogP) is 3.60. The maximum Gasteiger partial charge on any atom is 0.254 e. The second-order valence-corrected chi connectivity index (χ2v) is 5.84. The quantitative estimate of drug-likeness (QED) is 0.865. The van der Waals surface area contributed by atoms with Gasteiger partial charge in [-0.25, -0.2) is 0 Å². The highest BCUT2D eigenvalue weighted by molar-refractivity contribution is 5.96. The van der Waals surface area contributed by atoms with Crippen molar-refractivity contribution >= 4 is 17.7 Å². The molecule has 0 bridgehead atoms. The Bertz CT molecular complexity index is 701. The van der Waals surface area contributed by atoms with Crippen molar-refractivity contribution in [2.45, 2.75) is 6.92 Å². The van der Waals surface area contributed by atoms with E-state index in [1.165, 1.54) is 5.69 Å². The summed E-state index contributed by atoms with van der Waals surface area (Å²) in [5, 5.41) is 0. The molecule has 2 aromatic rings. The minimum absolute atomic E-state index is 0.124. The van der Waals surface area contributed by atoms with E-state index >= 15 is 0 Å². The molecule has 0 atom stereocenters. The fourth-order valence-corrected chi connectivity index (χ4v) is 3.08. The molecule has 118 valence electrons. The number of hydrogen-bond acceptors (Lipinski definition) is 2. The molecular weight excluding hydrogens is 284 g/mol. The van der Waals surface area contributed by atoms with Crippen LogP contribution in [0.3, 0.4) is 0 Å². The van der Waals surface area contributed by atoms with E-state index in [1.807, 2.05) is 36.1 Å². The highest BCUT2D eigenvalue weighted by atomic mass is 16.2. The van der Waals surface area contributed by atoms with E-state index in [0.717, 1.165) is 42.9 Å². The molecule has 0 aliphatic carbocycles. The van der Waals surface area contributed by atoms with Crippen molar-refractivity contribution in [2.24, 2.45) is 0 Å². The number of benzene rings is 2. The van der Waals surface area contributed by atoms with Gasteiger partial charge in [0.15, 0.2) is 0 Å². The summed E-state index contributed by atoms with van der Waals surface area (Å²) in [7, 11) is 0. The van der Waals surface area contributed by atoms with Crippen LogP contribution in [-0.2, 0) is 0 Å². The largest absolute Gasteiger partial charge is 0.368 e. The maximum atomic E-state index is 12.8. The van der Waals surface area contributed by atoms with Gasteiger partial charge < -0.3 is 9.80 Å². The van der Waals surface area contributed by atoms with Gasteiger partial charge >= 0.3 is 0 Å². The molecule has 3 rings (SSSR count). The smallest absolute Gasteiger partial charge is 0.254 e. The highest BCUT2D eigenvalue weighted by Gasteiger charge is 2.23. The third-order valence-corrected chi connectivity index (χ3v) is 4.51. The lowest BCUT2D eigenvalue weighted by Gasteiger charge is -2.36. The molecule has 1 saturated heterocycles. The fourth-order valence-electron chi connectivity index (χ4n) is 3.08. The van der Waals surface area contributed by atoms with E-state index in [0.29, 0.717) is 0 Å². The predicted molar refractivity (Wildman–Crippen MR) is 95.8 cm³/mol. The summed E-state index contributed by atoms with van der Waals surface area (Å²) in [5.41, 5.74) is 4.05. The van der Waals surface area contributed by atoms with Gasteiger partial charge in [0.2, 0.25) is 0 Å². The summed E-state index contributed by atoms with van der Waals surface area (Å²) in [6.07, 6.45) is 1.81. The number of rotatable bonds is 3. The molecule has 1 amide bonds. The summed E-state index contributed by atoms with van der Waals surface area (Å²) >= 11 is 0. The van der Waals surface area contributed by atoms with E-state index in [-0.39, 0.29) is 5.91 Å². The molecule has 1 heterocycles. The van der Waals surface area contributed by atoms with Gasteiger partial charge in [-0.1, -0.05) is 43.0 Å². The molecule has 1 aliphatic heterocycles. The van der Waals surface area contributed by atoms with Crippen LogP contribution in [0.1, 0.15) is 21.5 Å². The lowest BCUT2D eigenvalue weighted by Crippen LogP contribution is -2.49. The maximum absolute atomic E-state index is 12.8. The molecule has 0 saturated carbocycles. The van der Waals surface area contributed by atoms with Gasteiger partial charge in [-0.05, 0) is 36.2 Å². The van der Waals surface area contributed by atoms with Crippen molar-refractivity contribution < 1.29 is 4.79 Å². The molecule has 1 aliphatic rings. The minimum atomic E-state index is 0.124. The van der Waals surface area contributed by atoms with Crippen LogP contribution in [0.4, 0.5) is 5.69 Å². The van der Waals surface area contributed by atoms with E-state index in [1.54, 1.807) is 6.08 Å². The number of para-hydroxylation sites is 1. The topological polar surface area (TPSA) is 23.6 Å². The summed E-state index contributed by atoms with van der Waals surface area (Å²) in [4.78, 5) is 17.1. The number of nitrogens with zero attached hydrogens (tertiary/aromatic N) is 2. The number of piperazine rings is 1. The molecule has 0 radical (unpaired) electrons. The average Bonchev–Trinajstić information content (AvgIpc) is 2.62. The van der Waals surface area contributed by atoms with Crippen LogP contribution in [0.15, 0.2) is 55.1 Å². The number of carbonyl (C=O) groups excluding carboxylic acids is 1. The van der Waals surface area contributed by atoms with Gasteiger partial charge in [0.25, 0.3) is 5.91 Å². The molecular formula is C20H22N2O. The first-order valence-corrected chi connectivity index (χ1v) is 8.02. The first-order chi connectivity index (χ1) is 11.2. The van der Waals surface area contributed by atoms with Gasteiger partial charge in [-0.2, -0.15) is 0 Å². The Hall–Kier alpha value is -2.55. The summed E-state index contributed by atoms with van der Waals surface area (Å²) in [6.45, 7) is 9.06. The Labute approximate surface area is 137 Å². The van der Waals surface area contributed by atoms with Crippen molar-refractivity contribution in [3.8, 4) is 0 Å². The Kier molecular flexibility index (Phi) is 4.47. The summed E-state index contributed by atoms with van der Waals surface area (Å²) in [5.74, 6) is 0.124. The van der Waals surface area contributed by atoms with Gasteiger partial charge in [0, 0.05) is 37.4 Å². The van der Waals surface area contributed by atoms with Crippen LogP contribution in [0, 0.1) is 6.92 Å². The van der Waals surface area contributed by atoms with Crippen molar-refractivity contribution in [2.75, 3.05) is 31.1 Å². The van der Waals surface area contributed by atoms with Crippen LogP contribution in [0.2, 0.25) is 0 Å². The average molecular weight is 306 g/mol. The molecule has 0 N–H and O–H groups in total. The Balaban J connectivity index is 1.70. The SMILES string of the molecule is C=Cc1cccc(C(=O)N2CCN(c3ccccc3)CC2)c1C. The van der Waals surface area contributed by atoms with E-state index in [4.69, 9.17) is 0 Å². The summed E-state index contributed by atoms with van der Waals surface area (Å²) < 4.78 is 0. The van der Waals surface area contributed by atoms with Gasteiger partial charge in [0.1, 0.15) is 0 Å². The molecule has 0 spiro atoms. The molecule has 23 heavy (non-hydrogen) atoms. The number of amides is 1. The zero-order valence-corrected chi connectivity index (χ0v) is 13.5. The number of anilines is 1. The summed E-state index contributed by atoms with van der Waals surface area (Å²) in [6, 6.07) is 16.2. The second kappa shape index (κ2) is 6.69. The van der Waals surface area contributed by atoms with Crippen molar-refractivity contribution in [1.82, 2.24) is 4.90 Å². The van der Waals surface area contributed by atoms with Crippen molar-refractivity contribution in [1.29, 1.82) is 0 Å². The molecule has 3 heteroatoms. The zero-order chi connectivity index (χ0) is 16.2. The van der Waals surface area contributed by atoms with Crippen LogP contribution in [-0.4, -0.2) is 37.0 Å². The van der Waals surface area contributed by atoms with E-state index in [2.05, 4.69) is 35.7 Å². The van der Waals surface area contributed by atoms with Gasteiger partial charge in [-0.3, -0.25) is 4.79 Å². The number of hydrogen-bond donors (Lipinski definition) is 0. The van der Waals surface area contributed by atoms with Crippen LogP contribution >= 0.6 is 0 Å².